The summed E-state index contributed by atoms with van der Waals surface area (Å²) in [6, 6.07) is 10.9. The van der Waals surface area contributed by atoms with Crippen LogP contribution in [0.2, 0.25) is 0 Å². The first-order valence-corrected chi connectivity index (χ1v) is 8.22. The molecule has 0 atom stereocenters. The topological polar surface area (TPSA) is 66.5 Å². The third-order valence-electron chi connectivity index (χ3n) is 3.90. The van der Waals surface area contributed by atoms with Crippen LogP contribution in [-0.2, 0) is 0 Å². The summed E-state index contributed by atoms with van der Waals surface area (Å²) >= 11 is 0. The van der Waals surface area contributed by atoms with Crippen LogP contribution in [0, 0.1) is 0 Å². The molecule has 1 aromatic heterocycles. The number of benzene rings is 1. The van der Waals surface area contributed by atoms with Crippen molar-refractivity contribution in [2.75, 3.05) is 43.0 Å². The maximum absolute atomic E-state index is 12.3. The number of hydrogen-bond acceptors (Lipinski definition) is 5. The van der Waals surface area contributed by atoms with Gasteiger partial charge < -0.3 is 20.3 Å². The molecule has 0 spiro atoms. The largest absolute Gasteiger partial charge is 0.494 e. The van der Waals surface area contributed by atoms with Gasteiger partial charge in [-0.15, -0.1) is 0 Å². The van der Waals surface area contributed by atoms with Crippen LogP contribution in [0.1, 0.15) is 17.3 Å². The number of nitrogens with zero attached hydrogens (tertiary/aromatic N) is 2. The molecule has 2 heterocycles. The molecule has 6 nitrogen and oxygen atoms in total. The zero-order chi connectivity index (χ0) is 16.8. The van der Waals surface area contributed by atoms with Crippen LogP contribution in [0.5, 0.6) is 5.75 Å². The van der Waals surface area contributed by atoms with Gasteiger partial charge in [0.1, 0.15) is 11.6 Å². The summed E-state index contributed by atoms with van der Waals surface area (Å²) < 4.78 is 5.38. The quantitative estimate of drug-likeness (QED) is 0.881. The van der Waals surface area contributed by atoms with Gasteiger partial charge in [-0.05, 0) is 43.3 Å². The summed E-state index contributed by atoms with van der Waals surface area (Å²) in [6.45, 7) is 6.44. The molecule has 2 aromatic rings. The Kier molecular flexibility index (Phi) is 5.28. The van der Waals surface area contributed by atoms with E-state index in [0.29, 0.717) is 18.0 Å². The highest BCUT2D eigenvalue weighted by Crippen LogP contribution is 2.17. The summed E-state index contributed by atoms with van der Waals surface area (Å²) in [5.74, 6) is 1.13. The van der Waals surface area contributed by atoms with Gasteiger partial charge in [0.2, 0.25) is 0 Å². The minimum atomic E-state index is -0.180. The first-order chi connectivity index (χ1) is 11.8. The zero-order valence-electron chi connectivity index (χ0n) is 13.8. The zero-order valence-corrected chi connectivity index (χ0v) is 13.8. The Balaban J connectivity index is 1.61. The average Bonchev–Trinajstić information content (AvgIpc) is 2.64. The van der Waals surface area contributed by atoms with Crippen molar-refractivity contribution in [1.82, 2.24) is 10.3 Å². The highest BCUT2D eigenvalue weighted by molar-refractivity contribution is 6.03. The molecule has 24 heavy (non-hydrogen) atoms. The van der Waals surface area contributed by atoms with Gasteiger partial charge in [-0.25, -0.2) is 4.98 Å². The number of pyridine rings is 1. The molecule has 1 aliphatic rings. The van der Waals surface area contributed by atoms with Gasteiger partial charge in [-0.1, -0.05) is 0 Å². The van der Waals surface area contributed by atoms with E-state index in [-0.39, 0.29) is 5.91 Å². The van der Waals surface area contributed by atoms with Crippen LogP contribution in [0.4, 0.5) is 11.5 Å². The van der Waals surface area contributed by atoms with E-state index in [1.807, 2.05) is 19.1 Å². The van der Waals surface area contributed by atoms with E-state index in [0.717, 1.165) is 37.6 Å². The second kappa shape index (κ2) is 7.79. The molecule has 6 heteroatoms. The number of carbonyl (C=O) groups is 1. The molecule has 0 radical (unpaired) electrons. The normalized spacial score (nSPS) is 14.3. The van der Waals surface area contributed by atoms with Crippen molar-refractivity contribution in [3.8, 4) is 5.75 Å². The molecule has 1 saturated heterocycles. The van der Waals surface area contributed by atoms with E-state index in [1.54, 1.807) is 30.5 Å². The lowest BCUT2D eigenvalue weighted by molar-refractivity contribution is 0.102. The number of piperazine rings is 1. The van der Waals surface area contributed by atoms with E-state index >= 15 is 0 Å². The minimum absolute atomic E-state index is 0.180. The van der Waals surface area contributed by atoms with Crippen molar-refractivity contribution >= 4 is 17.4 Å². The molecule has 0 unspecified atom stereocenters. The first-order valence-electron chi connectivity index (χ1n) is 8.22. The Bertz CT molecular complexity index is 664. The van der Waals surface area contributed by atoms with E-state index in [1.165, 1.54) is 0 Å². The number of carbonyl (C=O) groups excluding carboxylic acids is 1. The van der Waals surface area contributed by atoms with Crippen molar-refractivity contribution in [2.24, 2.45) is 0 Å². The predicted octanol–water partition coefficient (Wildman–Crippen LogP) is 2.14. The highest BCUT2D eigenvalue weighted by Gasteiger charge is 2.11. The Morgan fingerprint density at radius 1 is 1.21 bits per heavy atom. The molecule has 0 bridgehead atoms. The number of nitrogens with one attached hydrogen (secondary N) is 2. The summed E-state index contributed by atoms with van der Waals surface area (Å²) in [5, 5.41) is 6.14. The summed E-state index contributed by atoms with van der Waals surface area (Å²) in [5.41, 5.74) is 1.65. The number of rotatable bonds is 5. The van der Waals surface area contributed by atoms with Crippen LogP contribution in [0.15, 0.2) is 42.6 Å². The maximum atomic E-state index is 12.3. The van der Waals surface area contributed by atoms with Crippen molar-refractivity contribution < 1.29 is 9.53 Å². The third-order valence-corrected chi connectivity index (χ3v) is 3.90. The smallest absolute Gasteiger partial charge is 0.256 e. The Labute approximate surface area is 141 Å². The van der Waals surface area contributed by atoms with Gasteiger partial charge in [-0.3, -0.25) is 4.79 Å². The SMILES string of the molecule is CCOc1ccc(C(=O)Nc2ccc(N3CCNCC3)cn2)cc1. The number of aromatic nitrogens is 1. The van der Waals surface area contributed by atoms with Crippen molar-refractivity contribution in [3.63, 3.8) is 0 Å². The van der Waals surface area contributed by atoms with Gasteiger partial charge in [0.05, 0.1) is 18.5 Å². The minimum Gasteiger partial charge on any atom is -0.494 e. The molecule has 1 amide bonds. The van der Waals surface area contributed by atoms with Gasteiger partial charge in [0.15, 0.2) is 0 Å². The van der Waals surface area contributed by atoms with E-state index in [2.05, 4.69) is 20.5 Å². The van der Waals surface area contributed by atoms with E-state index in [9.17, 15) is 4.79 Å². The Morgan fingerprint density at radius 2 is 1.96 bits per heavy atom. The summed E-state index contributed by atoms with van der Waals surface area (Å²) in [7, 11) is 0. The number of anilines is 2. The highest BCUT2D eigenvalue weighted by atomic mass is 16.5. The van der Waals surface area contributed by atoms with E-state index < -0.39 is 0 Å². The molecule has 126 valence electrons. The van der Waals surface area contributed by atoms with Crippen LogP contribution in [0.25, 0.3) is 0 Å². The van der Waals surface area contributed by atoms with Crippen LogP contribution in [-0.4, -0.2) is 43.7 Å². The Hall–Kier alpha value is -2.60. The van der Waals surface area contributed by atoms with Gasteiger partial charge in [0, 0.05) is 31.7 Å². The van der Waals surface area contributed by atoms with Crippen LogP contribution >= 0.6 is 0 Å². The lowest BCUT2D eigenvalue weighted by Crippen LogP contribution is -2.43. The summed E-state index contributed by atoms with van der Waals surface area (Å²) in [6.07, 6.45) is 1.80. The van der Waals surface area contributed by atoms with Crippen LogP contribution in [0.3, 0.4) is 0 Å². The van der Waals surface area contributed by atoms with Crippen molar-refractivity contribution in [3.05, 3.63) is 48.2 Å². The number of amides is 1. The standard InChI is InChI=1S/C18H22N4O2/c1-2-24-16-6-3-14(4-7-16)18(23)21-17-8-5-15(13-20-17)22-11-9-19-10-12-22/h3-8,13,19H,2,9-12H2,1H3,(H,20,21,23). The average molecular weight is 326 g/mol. The predicted molar refractivity (Wildman–Crippen MR) is 94.9 cm³/mol. The van der Waals surface area contributed by atoms with Crippen molar-refractivity contribution in [1.29, 1.82) is 0 Å². The molecular formula is C18H22N4O2. The number of ether oxygens (including phenoxy) is 1. The molecule has 0 aliphatic carbocycles. The second-order valence-electron chi connectivity index (χ2n) is 5.55. The molecule has 1 aliphatic heterocycles. The molecule has 1 aromatic carbocycles. The van der Waals surface area contributed by atoms with Gasteiger partial charge >= 0.3 is 0 Å². The van der Waals surface area contributed by atoms with Gasteiger partial charge in [0.25, 0.3) is 5.91 Å². The fraction of sp³-hybridized carbons (Fsp3) is 0.333. The molecule has 2 N–H and O–H groups in total. The number of hydrogen-bond donors (Lipinski definition) is 2. The molecule has 0 saturated carbocycles. The second-order valence-corrected chi connectivity index (χ2v) is 5.55. The first kappa shape index (κ1) is 16.3. The Morgan fingerprint density at radius 3 is 2.58 bits per heavy atom. The molecule has 3 rings (SSSR count). The monoisotopic (exact) mass is 326 g/mol. The summed E-state index contributed by atoms with van der Waals surface area (Å²) in [4.78, 5) is 18.9. The third kappa shape index (κ3) is 4.02. The molecule has 1 fully saturated rings. The van der Waals surface area contributed by atoms with Crippen molar-refractivity contribution in [2.45, 2.75) is 6.92 Å². The van der Waals surface area contributed by atoms with Crippen LogP contribution < -0.4 is 20.3 Å². The fourth-order valence-electron chi connectivity index (χ4n) is 2.63. The fourth-order valence-corrected chi connectivity index (χ4v) is 2.63. The lowest BCUT2D eigenvalue weighted by atomic mass is 10.2. The molecular weight excluding hydrogens is 304 g/mol. The van der Waals surface area contributed by atoms with E-state index in [4.69, 9.17) is 4.74 Å². The van der Waals surface area contributed by atoms with Gasteiger partial charge in [-0.2, -0.15) is 0 Å². The lowest BCUT2D eigenvalue weighted by Gasteiger charge is -2.29. The maximum Gasteiger partial charge on any atom is 0.256 e.